The molecule has 0 aromatic carbocycles. The lowest BCUT2D eigenvalue weighted by Gasteiger charge is -2.28. The van der Waals surface area contributed by atoms with Crippen molar-refractivity contribution in [1.82, 2.24) is 9.97 Å². The summed E-state index contributed by atoms with van der Waals surface area (Å²) in [6, 6.07) is 2.51. The van der Waals surface area contributed by atoms with E-state index in [1.165, 1.54) is 0 Å². The van der Waals surface area contributed by atoms with Crippen LogP contribution >= 0.6 is 11.3 Å². The molecule has 1 N–H and O–H groups in total. The molecular formula is C13H17N3OS. The van der Waals surface area contributed by atoms with Gasteiger partial charge in [0, 0.05) is 19.3 Å². The first-order chi connectivity index (χ1) is 8.84. The highest BCUT2D eigenvalue weighted by molar-refractivity contribution is 7.16. The number of ether oxygens (including phenoxy) is 1. The Morgan fingerprint density at radius 2 is 2.22 bits per heavy atom. The molecule has 2 aromatic heterocycles. The van der Waals surface area contributed by atoms with Crippen LogP contribution in [0.15, 0.2) is 17.8 Å². The van der Waals surface area contributed by atoms with Gasteiger partial charge in [-0.1, -0.05) is 0 Å². The summed E-state index contributed by atoms with van der Waals surface area (Å²) in [6.45, 7) is 4.00. The van der Waals surface area contributed by atoms with E-state index in [2.05, 4.69) is 33.7 Å². The number of nitrogens with zero attached hydrogens (tertiary/aromatic N) is 2. The largest absolute Gasteiger partial charge is 0.381 e. The predicted molar refractivity (Wildman–Crippen MR) is 74.0 cm³/mol. The second-order valence-electron chi connectivity index (χ2n) is 4.74. The van der Waals surface area contributed by atoms with E-state index in [-0.39, 0.29) is 0 Å². The topological polar surface area (TPSA) is 47.0 Å². The Labute approximate surface area is 110 Å². The van der Waals surface area contributed by atoms with Crippen molar-refractivity contribution < 1.29 is 4.74 Å². The third-order valence-electron chi connectivity index (χ3n) is 3.60. The van der Waals surface area contributed by atoms with Gasteiger partial charge in [-0.2, -0.15) is 0 Å². The van der Waals surface area contributed by atoms with Gasteiger partial charge in [-0.25, -0.2) is 9.97 Å². The van der Waals surface area contributed by atoms with Crippen LogP contribution in [0.25, 0.3) is 10.2 Å². The van der Waals surface area contributed by atoms with Gasteiger partial charge in [0.15, 0.2) is 0 Å². The molecule has 1 atom stereocenters. The zero-order valence-corrected chi connectivity index (χ0v) is 11.2. The van der Waals surface area contributed by atoms with Crippen LogP contribution in [0.3, 0.4) is 0 Å². The lowest BCUT2D eigenvalue weighted by atomic mass is 9.93. The monoisotopic (exact) mass is 263 g/mol. The smallest absolute Gasteiger partial charge is 0.138 e. The molecule has 0 saturated carbocycles. The van der Waals surface area contributed by atoms with Crippen LogP contribution in [0.1, 0.15) is 19.8 Å². The van der Waals surface area contributed by atoms with Gasteiger partial charge >= 0.3 is 0 Å². The number of nitrogens with one attached hydrogen (secondary N) is 1. The summed E-state index contributed by atoms with van der Waals surface area (Å²) in [5.74, 6) is 1.63. The summed E-state index contributed by atoms with van der Waals surface area (Å²) in [5.41, 5.74) is 0. The average molecular weight is 263 g/mol. The maximum atomic E-state index is 5.41. The summed E-state index contributed by atoms with van der Waals surface area (Å²) in [6.07, 6.45) is 3.90. The quantitative estimate of drug-likeness (QED) is 0.925. The number of rotatable bonds is 3. The van der Waals surface area contributed by atoms with Gasteiger partial charge < -0.3 is 10.1 Å². The first-order valence-corrected chi connectivity index (χ1v) is 7.25. The lowest BCUT2D eigenvalue weighted by molar-refractivity contribution is 0.0622. The fraction of sp³-hybridized carbons (Fsp3) is 0.538. The molecule has 0 spiro atoms. The lowest BCUT2D eigenvalue weighted by Crippen LogP contribution is -2.31. The van der Waals surface area contributed by atoms with Crippen molar-refractivity contribution >= 4 is 27.4 Å². The maximum Gasteiger partial charge on any atom is 0.138 e. The third kappa shape index (κ3) is 2.33. The molecule has 18 heavy (non-hydrogen) atoms. The van der Waals surface area contributed by atoms with E-state index in [4.69, 9.17) is 4.74 Å². The summed E-state index contributed by atoms with van der Waals surface area (Å²) in [5, 5.41) is 6.73. The Hall–Kier alpha value is -1.20. The molecule has 1 aliphatic rings. The number of anilines is 1. The molecule has 0 bridgehead atoms. The minimum absolute atomic E-state index is 0.423. The molecule has 1 unspecified atom stereocenters. The van der Waals surface area contributed by atoms with Gasteiger partial charge in [0.2, 0.25) is 0 Å². The maximum absolute atomic E-state index is 5.41. The van der Waals surface area contributed by atoms with E-state index in [1.807, 2.05) is 0 Å². The molecular weight excluding hydrogens is 246 g/mol. The Bertz CT molecular complexity index is 522. The number of aromatic nitrogens is 2. The average Bonchev–Trinajstić information content (AvgIpc) is 2.89. The van der Waals surface area contributed by atoms with Gasteiger partial charge in [-0.05, 0) is 37.1 Å². The van der Waals surface area contributed by atoms with Gasteiger partial charge in [0.05, 0.1) is 5.39 Å². The van der Waals surface area contributed by atoms with E-state index in [1.54, 1.807) is 17.7 Å². The second kappa shape index (κ2) is 5.20. The second-order valence-corrected chi connectivity index (χ2v) is 5.64. The molecule has 4 nitrogen and oxygen atoms in total. The van der Waals surface area contributed by atoms with Crippen LogP contribution in [0.2, 0.25) is 0 Å². The van der Waals surface area contributed by atoms with Crippen molar-refractivity contribution in [3.63, 3.8) is 0 Å². The molecule has 0 aliphatic carbocycles. The minimum Gasteiger partial charge on any atom is -0.381 e. The zero-order chi connectivity index (χ0) is 12.4. The van der Waals surface area contributed by atoms with E-state index in [0.717, 1.165) is 42.1 Å². The Morgan fingerprint density at radius 1 is 1.39 bits per heavy atom. The first kappa shape index (κ1) is 11.9. The molecule has 3 heterocycles. The van der Waals surface area contributed by atoms with Gasteiger partial charge in [-0.3, -0.25) is 0 Å². The summed E-state index contributed by atoms with van der Waals surface area (Å²) < 4.78 is 5.41. The normalized spacial score (nSPS) is 18.9. The molecule has 2 aromatic rings. The van der Waals surface area contributed by atoms with Crippen molar-refractivity contribution in [1.29, 1.82) is 0 Å². The third-order valence-corrected chi connectivity index (χ3v) is 4.42. The summed E-state index contributed by atoms with van der Waals surface area (Å²) >= 11 is 1.65. The number of hydrogen-bond donors (Lipinski definition) is 1. The molecule has 0 amide bonds. The molecule has 96 valence electrons. The molecule has 1 fully saturated rings. The highest BCUT2D eigenvalue weighted by Gasteiger charge is 2.21. The minimum atomic E-state index is 0.423. The fourth-order valence-electron chi connectivity index (χ4n) is 2.45. The number of fused-ring (bicyclic) bond motifs is 1. The Balaban J connectivity index is 1.77. The van der Waals surface area contributed by atoms with E-state index in [0.29, 0.717) is 12.0 Å². The van der Waals surface area contributed by atoms with Crippen LogP contribution in [-0.4, -0.2) is 29.2 Å². The van der Waals surface area contributed by atoms with Crippen molar-refractivity contribution in [3.8, 4) is 0 Å². The molecule has 3 rings (SSSR count). The highest BCUT2D eigenvalue weighted by atomic mass is 32.1. The fourth-order valence-corrected chi connectivity index (χ4v) is 3.19. The van der Waals surface area contributed by atoms with E-state index in [9.17, 15) is 0 Å². The van der Waals surface area contributed by atoms with Crippen molar-refractivity contribution in [2.75, 3.05) is 18.5 Å². The molecule has 1 saturated heterocycles. The van der Waals surface area contributed by atoms with Crippen LogP contribution in [-0.2, 0) is 4.74 Å². The Kier molecular flexibility index (Phi) is 3.43. The Morgan fingerprint density at radius 3 is 3.06 bits per heavy atom. The van der Waals surface area contributed by atoms with Crippen LogP contribution in [0, 0.1) is 5.92 Å². The summed E-state index contributed by atoms with van der Waals surface area (Å²) in [4.78, 5) is 9.68. The van der Waals surface area contributed by atoms with Gasteiger partial charge in [0.25, 0.3) is 0 Å². The van der Waals surface area contributed by atoms with Gasteiger partial charge in [0.1, 0.15) is 17.0 Å². The highest BCUT2D eigenvalue weighted by Crippen LogP contribution is 2.27. The van der Waals surface area contributed by atoms with Crippen molar-refractivity contribution in [3.05, 3.63) is 17.8 Å². The number of thiophene rings is 1. The van der Waals surface area contributed by atoms with E-state index >= 15 is 0 Å². The molecule has 5 heteroatoms. The standard InChI is InChI=1S/C13H17N3OS/c1-9(10-2-5-17-6-3-10)16-12-11-4-7-18-13(11)15-8-14-12/h4,7-10H,2-3,5-6H2,1H3,(H,14,15,16). The van der Waals surface area contributed by atoms with Crippen LogP contribution in [0.5, 0.6) is 0 Å². The summed E-state index contributed by atoms with van der Waals surface area (Å²) in [7, 11) is 0. The number of hydrogen-bond acceptors (Lipinski definition) is 5. The molecule has 0 radical (unpaired) electrons. The first-order valence-electron chi connectivity index (χ1n) is 6.37. The van der Waals surface area contributed by atoms with E-state index < -0.39 is 0 Å². The predicted octanol–water partition coefficient (Wildman–Crippen LogP) is 2.92. The zero-order valence-electron chi connectivity index (χ0n) is 10.4. The van der Waals surface area contributed by atoms with Gasteiger partial charge in [-0.15, -0.1) is 11.3 Å². The van der Waals surface area contributed by atoms with Crippen LogP contribution in [0.4, 0.5) is 5.82 Å². The molecule has 1 aliphatic heterocycles. The SMILES string of the molecule is CC(Nc1ncnc2sccc12)C1CCOCC1. The van der Waals surface area contributed by atoms with Crippen molar-refractivity contribution in [2.45, 2.75) is 25.8 Å². The van der Waals surface area contributed by atoms with Crippen LogP contribution < -0.4 is 5.32 Å². The van der Waals surface area contributed by atoms with Crippen molar-refractivity contribution in [2.24, 2.45) is 5.92 Å².